The van der Waals surface area contributed by atoms with Crippen molar-refractivity contribution in [1.29, 1.82) is 0 Å². The standard InChI is InChI=1S/C22H36BrNO6Si/c1-13-17(23)14(11-15(19(25)26)24-20(27)29-21(2,3)4)12-16(18(13)28-8)30-31(9,10)22(5,6)7/h12,15H,11H2,1-10H3,(H,24,27)(H,25,26)/t15-/m0/s1. The molecule has 0 aliphatic heterocycles. The van der Waals surface area contributed by atoms with Crippen LogP contribution in [0.3, 0.4) is 0 Å². The van der Waals surface area contributed by atoms with Gasteiger partial charge in [0, 0.05) is 16.5 Å². The Hall–Kier alpha value is -1.74. The van der Waals surface area contributed by atoms with Crippen LogP contribution in [0.1, 0.15) is 52.7 Å². The maximum atomic E-state index is 12.1. The highest BCUT2D eigenvalue weighted by molar-refractivity contribution is 9.10. The van der Waals surface area contributed by atoms with Crippen molar-refractivity contribution in [1.82, 2.24) is 5.32 Å². The first-order valence-corrected chi connectivity index (χ1v) is 13.9. The van der Waals surface area contributed by atoms with Gasteiger partial charge in [-0.1, -0.05) is 36.7 Å². The summed E-state index contributed by atoms with van der Waals surface area (Å²) < 4.78 is 18.0. The number of benzene rings is 1. The van der Waals surface area contributed by atoms with Crippen molar-refractivity contribution < 1.29 is 28.6 Å². The number of carbonyl (C=O) groups is 2. The summed E-state index contributed by atoms with van der Waals surface area (Å²) >= 11 is 3.56. The molecular formula is C22H36BrNO6Si. The lowest BCUT2D eigenvalue weighted by molar-refractivity contribution is -0.139. The summed E-state index contributed by atoms with van der Waals surface area (Å²) in [7, 11) is -0.592. The molecule has 0 radical (unpaired) electrons. The van der Waals surface area contributed by atoms with Crippen LogP contribution in [0.25, 0.3) is 0 Å². The molecule has 1 amide bonds. The highest BCUT2D eigenvalue weighted by atomic mass is 79.9. The predicted octanol–water partition coefficient (Wildman–Crippen LogP) is 5.67. The molecule has 0 spiro atoms. The highest BCUT2D eigenvalue weighted by Gasteiger charge is 2.40. The van der Waals surface area contributed by atoms with Crippen LogP contribution in [-0.4, -0.2) is 44.2 Å². The Balaban J connectivity index is 3.33. The van der Waals surface area contributed by atoms with Gasteiger partial charge in [0.2, 0.25) is 0 Å². The molecule has 0 aromatic heterocycles. The molecule has 0 fully saturated rings. The lowest BCUT2D eigenvalue weighted by Crippen LogP contribution is -2.45. The maximum absolute atomic E-state index is 12.1. The Morgan fingerprint density at radius 1 is 1.19 bits per heavy atom. The molecule has 1 aromatic carbocycles. The smallest absolute Gasteiger partial charge is 0.408 e. The first-order valence-electron chi connectivity index (χ1n) is 10.2. The molecule has 1 aromatic rings. The number of methoxy groups -OCH3 is 1. The van der Waals surface area contributed by atoms with Crippen molar-refractivity contribution in [3.05, 3.63) is 21.7 Å². The third-order valence-corrected chi connectivity index (χ3v) is 10.7. The molecule has 176 valence electrons. The van der Waals surface area contributed by atoms with Crippen molar-refractivity contribution in [2.75, 3.05) is 7.11 Å². The SMILES string of the molecule is COc1c(O[Si](C)(C)C(C)(C)C)cc(C[C@H](NC(=O)OC(C)(C)C)C(=O)O)c(Br)c1C. The average molecular weight is 519 g/mol. The summed E-state index contributed by atoms with van der Waals surface area (Å²) in [4.78, 5) is 24.0. The van der Waals surface area contributed by atoms with Gasteiger partial charge in [-0.15, -0.1) is 0 Å². The van der Waals surface area contributed by atoms with Crippen LogP contribution < -0.4 is 14.5 Å². The normalized spacial score (nSPS) is 13.4. The van der Waals surface area contributed by atoms with Crippen molar-refractivity contribution in [3.63, 3.8) is 0 Å². The van der Waals surface area contributed by atoms with Gasteiger partial charge in [-0.25, -0.2) is 9.59 Å². The molecule has 1 rings (SSSR count). The second-order valence-electron chi connectivity index (χ2n) is 10.1. The van der Waals surface area contributed by atoms with E-state index >= 15 is 0 Å². The summed E-state index contributed by atoms with van der Waals surface area (Å²) in [6.45, 7) is 17.7. The molecule has 0 saturated heterocycles. The number of aliphatic carboxylic acids is 1. The third-order valence-electron chi connectivity index (χ3n) is 5.27. The van der Waals surface area contributed by atoms with E-state index in [2.05, 4.69) is 55.1 Å². The van der Waals surface area contributed by atoms with E-state index in [-0.39, 0.29) is 11.5 Å². The number of alkyl carbamates (subject to hydrolysis) is 1. The van der Waals surface area contributed by atoms with Gasteiger partial charge in [0.05, 0.1) is 7.11 Å². The van der Waals surface area contributed by atoms with Crippen molar-refractivity contribution in [2.45, 2.75) is 84.7 Å². The first kappa shape index (κ1) is 27.3. The van der Waals surface area contributed by atoms with Gasteiger partial charge < -0.3 is 24.3 Å². The number of amides is 1. The zero-order valence-corrected chi connectivity index (χ0v) is 22.8. The number of carboxylic acid groups (broad SMARTS) is 1. The van der Waals surface area contributed by atoms with E-state index in [9.17, 15) is 14.7 Å². The highest BCUT2D eigenvalue weighted by Crippen LogP contribution is 2.44. The van der Waals surface area contributed by atoms with E-state index < -0.39 is 32.0 Å². The first-order chi connectivity index (χ1) is 13.9. The number of carboxylic acids is 1. The van der Waals surface area contributed by atoms with Gasteiger partial charge in [-0.2, -0.15) is 0 Å². The maximum Gasteiger partial charge on any atom is 0.408 e. The Morgan fingerprint density at radius 2 is 1.74 bits per heavy atom. The summed E-state index contributed by atoms with van der Waals surface area (Å²) in [5.74, 6) is 0.0247. The summed E-state index contributed by atoms with van der Waals surface area (Å²) in [5, 5.41) is 12.1. The molecule has 31 heavy (non-hydrogen) atoms. The summed E-state index contributed by atoms with van der Waals surface area (Å²) in [6, 6.07) is 0.628. The number of halogens is 1. The second kappa shape index (κ2) is 9.81. The second-order valence-corrected chi connectivity index (χ2v) is 15.6. The molecule has 0 heterocycles. The minimum absolute atomic E-state index is 0.0268. The van der Waals surface area contributed by atoms with Crippen LogP contribution >= 0.6 is 15.9 Å². The van der Waals surface area contributed by atoms with E-state index in [1.54, 1.807) is 33.9 Å². The molecule has 1 atom stereocenters. The Kier molecular flexibility index (Phi) is 8.64. The molecule has 0 bridgehead atoms. The minimum Gasteiger partial charge on any atom is -0.541 e. The summed E-state index contributed by atoms with van der Waals surface area (Å²) in [6.07, 6.45) is -0.729. The molecule has 2 N–H and O–H groups in total. The number of hydrogen-bond acceptors (Lipinski definition) is 5. The van der Waals surface area contributed by atoms with Crippen LogP contribution in [0.5, 0.6) is 11.5 Å². The molecule has 0 unspecified atom stereocenters. The van der Waals surface area contributed by atoms with Crippen molar-refractivity contribution >= 4 is 36.3 Å². The van der Waals surface area contributed by atoms with Crippen LogP contribution in [0.4, 0.5) is 4.79 Å². The number of rotatable bonds is 7. The number of hydrogen-bond donors (Lipinski definition) is 2. The van der Waals surface area contributed by atoms with Crippen LogP contribution in [0.15, 0.2) is 10.5 Å². The molecule has 0 saturated carbocycles. The van der Waals surface area contributed by atoms with E-state index in [1.807, 2.05) is 6.92 Å². The van der Waals surface area contributed by atoms with E-state index in [0.29, 0.717) is 21.5 Å². The van der Waals surface area contributed by atoms with E-state index in [4.69, 9.17) is 13.9 Å². The number of ether oxygens (including phenoxy) is 2. The monoisotopic (exact) mass is 517 g/mol. The van der Waals surface area contributed by atoms with Gasteiger partial charge in [0.1, 0.15) is 17.4 Å². The Labute approximate surface area is 195 Å². The largest absolute Gasteiger partial charge is 0.541 e. The van der Waals surface area contributed by atoms with E-state index in [0.717, 1.165) is 5.56 Å². The summed E-state index contributed by atoms with van der Waals surface area (Å²) in [5.41, 5.74) is 0.764. The topological polar surface area (TPSA) is 94.1 Å². The van der Waals surface area contributed by atoms with Gasteiger partial charge >= 0.3 is 12.1 Å². The third kappa shape index (κ3) is 7.41. The zero-order valence-electron chi connectivity index (χ0n) is 20.2. The molecule has 0 aliphatic rings. The predicted molar refractivity (Wildman–Crippen MR) is 128 cm³/mol. The van der Waals surface area contributed by atoms with E-state index in [1.165, 1.54) is 0 Å². The van der Waals surface area contributed by atoms with Crippen molar-refractivity contribution in [2.24, 2.45) is 0 Å². The number of carbonyl (C=O) groups excluding carboxylic acids is 1. The van der Waals surface area contributed by atoms with Gasteiger partial charge in [0.25, 0.3) is 8.32 Å². The molecule has 9 heteroatoms. The van der Waals surface area contributed by atoms with Gasteiger partial charge in [-0.05, 0) is 57.5 Å². The Morgan fingerprint density at radius 3 is 2.16 bits per heavy atom. The van der Waals surface area contributed by atoms with Crippen LogP contribution in [0, 0.1) is 6.92 Å². The fourth-order valence-electron chi connectivity index (χ4n) is 2.59. The van der Waals surface area contributed by atoms with Gasteiger partial charge in [-0.3, -0.25) is 0 Å². The minimum atomic E-state index is -2.17. The molecule has 7 nitrogen and oxygen atoms in total. The number of nitrogens with one attached hydrogen (secondary N) is 1. The average Bonchev–Trinajstić information content (AvgIpc) is 2.55. The molecular weight excluding hydrogens is 482 g/mol. The lowest BCUT2D eigenvalue weighted by atomic mass is 10.0. The quantitative estimate of drug-likeness (QED) is 0.452. The Bertz CT molecular complexity index is 827. The fraction of sp³-hybridized carbons (Fsp3) is 0.636. The fourth-order valence-corrected chi connectivity index (χ4v) is 4.05. The lowest BCUT2D eigenvalue weighted by Gasteiger charge is -2.37. The zero-order chi connectivity index (χ0) is 24.4. The van der Waals surface area contributed by atoms with Crippen molar-refractivity contribution in [3.8, 4) is 11.5 Å². The van der Waals surface area contributed by atoms with Crippen LogP contribution in [-0.2, 0) is 16.0 Å². The van der Waals surface area contributed by atoms with Crippen LogP contribution in [0.2, 0.25) is 18.1 Å². The van der Waals surface area contributed by atoms with Gasteiger partial charge in [0.15, 0.2) is 5.75 Å². The molecule has 0 aliphatic carbocycles.